The number of anilines is 1. The summed E-state index contributed by atoms with van der Waals surface area (Å²) in [5.74, 6) is 2.84. The molecule has 0 atom stereocenters. The number of piperazine rings is 1. The molecule has 0 aromatic carbocycles. The SMILES string of the molecule is Cc1nccn1-c1cc(N2CCN(C(=O)c3cc(-c4cccnc4)on3)CC2)ncn1. The number of hydrogen-bond acceptors (Lipinski definition) is 8. The fourth-order valence-electron chi connectivity index (χ4n) is 3.58. The Hall–Kier alpha value is -4.08. The Kier molecular flexibility index (Phi) is 4.87. The number of nitrogens with zero attached hydrogens (tertiary/aromatic N) is 8. The van der Waals surface area contributed by atoms with Crippen LogP contribution in [0.4, 0.5) is 5.82 Å². The fraction of sp³-hybridized carbons (Fsp3) is 0.238. The molecule has 0 N–H and O–H groups in total. The van der Waals surface area contributed by atoms with Crippen LogP contribution in [0.15, 0.2) is 59.9 Å². The van der Waals surface area contributed by atoms with Crippen molar-refractivity contribution in [1.82, 2.24) is 34.6 Å². The van der Waals surface area contributed by atoms with E-state index in [0.717, 1.165) is 23.0 Å². The van der Waals surface area contributed by atoms with Crippen LogP contribution >= 0.6 is 0 Å². The summed E-state index contributed by atoms with van der Waals surface area (Å²) in [4.78, 5) is 33.9. The highest BCUT2D eigenvalue weighted by Crippen LogP contribution is 2.21. The summed E-state index contributed by atoms with van der Waals surface area (Å²) in [6.07, 6.45) is 8.52. The molecule has 1 saturated heterocycles. The minimum atomic E-state index is -0.143. The van der Waals surface area contributed by atoms with Crippen LogP contribution in [0, 0.1) is 6.92 Å². The van der Waals surface area contributed by atoms with Crippen molar-refractivity contribution in [2.45, 2.75) is 6.92 Å². The molecule has 5 rings (SSSR count). The first-order valence-corrected chi connectivity index (χ1v) is 9.93. The molecular formula is C21H20N8O2. The third-order valence-electron chi connectivity index (χ3n) is 5.28. The molecule has 1 aliphatic rings. The lowest BCUT2D eigenvalue weighted by molar-refractivity contribution is 0.0736. The minimum absolute atomic E-state index is 0.143. The molecule has 0 bridgehead atoms. The number of pyridine rings is 1. The van der Waals surface area contributed by atoms with Gasteiger partial charge in [0.1, 0.15) is 23.8 Å². The lowest BCUT2D eigenvalue weighted by atomic mass is 10.2. The van der Waals surface area contributed by atoms with Gasteiger partial charge >= 0.3 is 0 Å². The van der Waals surface area contributed by atoms with Crippen molar-refractivity contribution < 1.29 is 9.32 Å². The molecule has 0 saturated carbocycles. The largest absolute Gasteiger partial charge is 0.355 e. The van der Waals surface area contributed by atoms with Crippen molar-refractivity contribution in [1.29, 1.82) is 0 Å². The summed E-state index contributed by atoms with van der Waals surface area (Å²) in [7, 11) is 0. The molecule has 31 heavy (non-hydrogen) atoms. The van der Waals surface area contributed by atoms with E-state index in [2.05, 4.69) is 30.0 Å². The molecule has 1 amide bonds. The second kappa shape index (κ2) is 7.98. The van der Waals surface area contributed by atoms with Gasteiger partial charge in [0.25, 0.3) is 5.91 Å². The van der Waals surface area contributed by atoms with E-state index >= 15 is 0 Å². The number of aromatic nitrogens is 6. The standard InChI is InChI=1S/C21H20N8O2/c1-15-23-5-6-29(15)20-12-19(24-14-25-20)27-7-9-28(10-8-27)21(30)17-11-18(31-26-17)16-3-2-4-22-13-16/h2-6,11-14H,7-10H2,1H3. The second-order valence-corrected chi connectivity index (χ2v) is 7.18. The molecule has 1 fully saturated rings. The summed E-state index contributed by atoms with van der Waals surface area (Å²) in [5, 5.41) is 3.96. The van der Waals surface area contributed by atoms with E-state index in [1.54, 1.807) is 35.9 Å². The van der Waals surface area contributed by atoms with Gasteiger partial charge in [0.15, 0.2) is 11.5 Å². The van der Waals surface area contributed by atoms with Crippen LogP contribution in [0.25, 0.3) is 17.1 Å². The van der Waals surface area contributed by atoms with Gasteiger partial charge in [-0.15, -0.1) is 0 Å². The van der Waals surface area contributed by atoms with Crippen LogP contribution < -0.4 is 4.90 Å². The number of rotatable bonds is 4. The fourth-order valence-corrected chi connectivity index (χ4v) is 3.58. The Morgan fingerprint density at radius 1 is 1.03 bits per heavy atom. The molecule has 156 valence electrons. The molecule has 4 aromatic rings. The maximum atomic E-state index is 12.9. The predicted molar refractivity (Wildman–Crippen MR) is 112 cm³/mol. The van der Waals surface area contributed by atoms with Gasteiger partial charge in [-0.25, -0.2) is 15.0 Å². The molecule has 0 radical (unpaired) electrons. The third kappa shape index (κ3) is 3.75. The van der Waals surface area contributed by atoms with Crippen LogP contribution in [0.3, 0.4) is 0 Å². The first-order valence-electron chi connectivity index (χ1n) is 9.93. The zero-order valence-electron chi connectivity index (χ0n) is 16.9. The quantitative estimate of drug-likeness (QED) is 0.497. The van der Waals surface area contributed by atoms with Gasteiger partial charge in [0.05, 0.1) is 0 Å². The minimum Gasteiger partial charge on any atom is -0.355 e. The number of aryl methyl sites for hydroxylation is 1. The summed E-state index contributed by atoms with van der Waals surface area (Å²) < 4.78 is 7.25. The lowest BCUT2D eigenvalue weighted by Crippen LogP contribution is -2.49. The van der Waals surface area contributed by atoms with Crippen LogP contribution in [0.5, 0.6) is 0 Å². The van der Waals surface area contributed by atoms with Gasteiger partial charge < -0.3 is 14.3 Å². The Balaban J connectivity index is 1.25. The summed E-state index contributed by atoms with van der Waals surface area (Å²) in [6, 6.07) is 7.27. The van der Waals surface area contributed by atoms with E-state index in [4.69, 9.17) is 4.52 Å². The topological polar surface area (TPSA) is 106 Å². The normalized spacial score (nSPS) is 14.1. The van der Waals surface area contributed by atoms with E-state index in [-0.39, 0.29) is 5.91 Å². The number of carbonyl (C=O) groups is 1. The monoisotopic (exact) mass is 416 g/mol. The maximum absolute atomic E-state index is 12.9. The van der Waals surface area contributed by atoms with Crippen molar-refractivity contribution in [2.24, 2.45) is 0 Å². The maximum Gasteiger partial charge on any atom is 0.276 e. The number of imidazole rings is 1. The van der Waals surface area contributed by atoms with Crippen LogP contribution in [0.1, 0.15) is 16.3 Å². The average molecular weight is 416 g/mol. The van der Waals surface area contributed by atoms with Crippen molar-refractivity contribution in [3.05, 3.63) is 66.9 Å². The molecule has 1 aliphatic heterocycles. The van der Waals surface area contributed by atoms with Crippen molar-refractivity contribution in [2.75, 3.05) is 31.1 Å². The number of hydrogen-bond donors (Lipinski definition) is 0. The van der Waals surface area contributed by atoms with Crippen LogP contribution in [-0.2, 0) is 0 Å². The highest BCUT2D eigenvalue weighted by atomic mass is 16.5. The Morgan fingerprint density at radius 2 is 1.87 bits per heavy atom. The van der Waals surface area contributed by atoms with E-state index in [1.807, 2.05) is 35.9 Å². The van der Waals surface area contributed by atoms with E-state index in [9.17, 15) is 4.79 Å². The zero-order chi connectivity index (χ0) is 21.2. The highest BCUT2D eigenvalue weighted by Gasteiger charge is 2.25. The summed E-state index contributed by atoms with van der Waals surface area (Å²) in [5.41, 5.74) is 1.08. The number of carbonyl (C=O) groups excluding carboxylic acids is 1. The van der Waals surface area contributed by atoms with Crippen molar-refractivity contribution in [3.8, 4) is 17.1 Å². The van der Waals surface area contributed by atoms with E-state index in [1.165, 1.54) is 0 Å². The first kappa shape index (κ1) is 18.9. The molecular weight excluding hydrogens is 396 g/mol. The molecule has 4 aromatic heterocycles. The number of amides is 1. The summed E-state index contributed by atoms with van der Waals surface area (Å²) in [6.45, 7) is 4.39. The predicted octanol–water partition coefficient (Wildman–Crippen LogP) is 1.98. The average Bonchev–Trinajstić information content (AvgIpc) is 3.49. The molecule has 0 unspecified atom stereocenters. The molecule has 10 nitrogen and oxygen atoms in total. The van der Waals surface area contributed by atoms with Crippen LogP contribution in [-0.4, -0.2) is 66.6 Å². The van der Waals surface area contributed by atoms with Crippen molar-refractivity contribution in [3.63, 3.8) is 0 Å². The van der Waals surface area contributed by atoms with E-state index in [0.29, 0.717) is 37.6 Å². The van der Waals surface area contributed by atoms with Gasteiger partial charge in [-0.1, -0.05) is 5.16 Å². The third-order valence-corrected chi connectivity index (χ3v) is 5.28. The Morgan fingerprint density at radius 3 is 2.61 bits per heavy atom. The van der Waals surface area contributed by atoms with E-state index < -0.39 is 0 Å². The molecule has 0 spiro atoms. The molecule has 0 aliphatic carbocycles. The van der Waals surface area contributed by atoms with Gasteiger partial charge in [-0.05, 0) is 19.1 Å². The highest BCUT2D eigenvalue weighted by molar-refractivity contribution is 5.93. The first-order chi connectivity index (χ1) is 15.2. The Bertz CT molecular complexity index is 1190. The van der Waals surface area contributed by atoms with Gasteiger partial charge in [-0.2, -0.15) is 0 Å². The zero-order valence-corrected chi connectivity index (χ0v) is 16.9. The van der Waals surface area contributed by atoms with Crippen LogP contribution in [0.2, 0.25) is 0 Å². The van der Waals surface area contributed by atoms with Gasteiger partial charge in [0, 0.05) is 68.7 Å². The van der Waals surface area contributed by atoms with Gasteiger partial charge in [-0.3, -0.25) is 14.3 Å². The second-order valence-electron chi connectivity index (χ2n) is 7.18. The van der Waals surface area contributed by atoms with Gasteiger partial charge in [0.2, 0.25) is 0 Å². The Labute approximate surface area is 178 Å². The molecule has 5 heterocycles. The summed E-state index contributed by atoms with van der Waals surface area (Å²) >= 11 is 0. The lowest BCUT2D eigenvalue weighted by Gasteiger charge is -2.35. The molecule has 10 heteroatoms. The smallest absolute Gasteiger partial charge is 0.276 e. The van der Waals surface area contributed by atoms with Crippen molar-refractivity contribution >= 4 is 11.7 Å².